The van der Waals surface area contributed by atoms with Gasteiger partial charge in [-0.3, -0.25) is 0 Å². The molecule has 0 amide bonds. The second-order valence-corrected chi connectivity index (χ2v) is 8.28. The summed E-state index contributed by atoms with van der Waals surface area (Å²) in [6.07, 6.45) is -3.66. The van der Waals surface area contributed by atoms with E-state index in [1.807, 2.05) is 6.07 Å². The minimum Gasteiger partial charge on any atom is -0.353 e. The zero-order chi connectivity index (χ0) is 20.8. The highest BCUT2D eigenvalue weighted by molar-refractivity contribution is 5.85. The summed E-state index contributed by atoms with van der Waals surface area (Å²) < 4.78 is 45.5. The fourth-order valence-corrected chi connectivity index (χ4v) is 3.33. The van der Waals surface area contributed by atoms with Gasteiger partial charge in [-0.15, -0.1) is 12.4 Å². The fourth-order valence-electron chi connectivity index (χ4n) is 3.33. The van der Waals surface area contributed by atoms with Crippen molar-refractivity contribution in [2.45, 2.75) is 33.4 Å². The van der Waals surface area contributed by atoms with Crippen LogP contribution in [0, 0.1) is 5.41 Å². The fraction of sp³-hybridized carbons (Fsp3) is 0.273. The van der Waals surface area contributed by atoms with Crippen molar-refractivity contribution in [1.82, 2.24) is 15.1 Å². The number of nitrogens with zero attached hydrogens (tertiary/aromatic N) is 2. The molecule has 2 aromatic heterocycles. The molecule has 0 spiro atoms. The first-order valence-electron chi connectivity index (χ1n) is 9.22. The van der Waals surface area contributed by atoms with Gasteiger partial charge in [-0.1, -0.05) is 50.2 Å². The molecule has 0 atom stereocenters. The van der Waals surface area contributed by atoms with Crippen LogP contribution >= 0.6 is 12.4 Å². The summed E-state index contributed by atoms with van der Waals surface area (Å²) in [5.74, 6) is 0.992. The quantitative estimate of drug-likeness (QED) is 0.380. The summed E-state index contributed by atoms with van der Waals surface area (Å²) in [6, 6.07) is 12.4. The third kappa shape index (κ3) is 4.51. The molecule has 1 N–H and O–H groups in total. The van der Waals surface area contributed by atoms with Crippen LogP contribution in [-0.2, 0) is 12.6 Å². The number of aromatic nitrogens is 3. The minimum absolute atomic E-state index is 0. The van der Waals surface area contributed by atoms with Crippen LogP contribution in [0.3, 0.4) is 0 Å². The van der Waals surface area contributed by atoms with Gasteiger partial charge >= 0.3 is 6.18 Å². The third-order valence-corrected chi connectivity index (χ3v) is 4.53. The standard InChI is InChI=1S/C22H20F3N3O.ClH/c1-21(2,3)12-14-11-19(29-28-14)20-26-17-9-8-13(10-18(17)27-20)15-6-4-5-7-16(15)22(23,24)25;/h4-11H,12H2,1-3H3,(H,26,27);1H. The van der Waals surface area contributed by atoms with Gasteiger partial charge < -0.3 is 9.51 Å². The second kappa shape index (κ2) is 7.80. The molecular formula is C22H21ClF3N3O. The molecule has 30 heavy (non-hydrogen) atoms. The summed E-state index contributed by atoms with van der Waals surface area (Å²) in [4.78, 5) is 7.62. The van der Waals surface area contributed by atoms with E-state index < -0.39 is 11.7 Å². The van der Waals surface area contributed by atoms with Gasteiger partial charge in [0.2, 0.25) is 5.76 Å². The van der Waals surface area contributed by atoms with Crippen molar-refractivity contribution in [3.05, 3.63) is 59.8 Å². The number of imidazole rings is 1. The van der Waals surface area contributed by atoms with Crippen molar-refractivity contribution >= 4 is 23.4 Å². The molecule has 0 radical (unpaired) electrons. The van der Waals surface area contributed by atoms with Gasteiger partial charge in [0.05, 0.1) is 22.3 Å². The second-order valence-electron chi connectivity index (χ2n) is 8.28. The number of H-pyrrole nitrogens is 1. The molecule has 158 valence electrons. The average Bonchev–Trinajstić information content (AvgIpc) is 3.25. The lowest BCUT2D eigenvalue weighted by Crippen LogP contribution is -2.09. The highest BCUT2D eigenvalue weighted by atomic mass is 35.5. The first kappa shape index (κ1) is 21.9. The van der Waals surface area contributed by atoms with E-state index in [2.05, 4.69) is 35.9 Å². The number of benzene rings is 2. The molecule has 4 rings (SSSR count). The Balaban J connectivity index is 0.00000256. The van der Waals surface area contributed by atoms with Crippen LogP contribution < -0.4 is 0 Å². The van der Waals surface area contributed by atoms with Crippen molar-refractivity contribution < 1.29 is 17.7 Å². The zero-order valence-electron chi connectivity index (χ0n) is 16.7. The van der Waals surface area contributed by atoms with E-state index in [1.165, 1.54) is 12.1 Å². The number of alkyl halides is 3. The molecule has 4 nitrogen and oxygen atoms in total. The summed E-state index contributed by atoms with van der Waals surface area (Å²) in [5, 5.41) is 4.09. The van der Waals surface area contributed by atoms with E-state index in [1.54, 1.807) is 24.3 Å². The molecule has 4 aromatic rings. The molecule has 0 bridgehead atoms. The Morgan fingerprint density at radius 2 is 1.73 bits per heavy atom. The van der Waals surface area contributed by atoms with Gasteiger partial charge in [-0.25, -0.2) is 4.98 Å². The maximum atomic E-state index is 13.4. The molecule has 0 aliphatic carbocycles. The number of halogens is 4. The lowest BCUT2D eigenvalue weighted by Gasteiger charge is -2.14. The Morgan fingerprint density at radius 1 is 1.00 bits per heavy atom. The van der Waals surface area contributed by atoms with Gasteiger partial charge in [0.1, 0.15) is 0 Å². The lowest BCUT2D eigenvalue weighted by molar-refractivity contribution is -0.137. The van der Waals surface area contributed by atoms with E-state index in [0.29, 0.717) is 28.2 Å². The van der Waals surface area contributed by atoms with Crippen molar-refractivity contribution in [2.24, 2.45) is 5.41 Å². The van der Waals surface area contributed by atoms with E-state index in [4.69, 9.17) is 4.52 Å². The number of hydrogen-bond acceptors (Lipinski definition) is 3. The van der Waals surface area contributed by atoms with E-state index in [9.17, 15) is 13.2 Å². The number of hydrogen-bond donors (Lipinski definition) is 1. The summed E-state index contributed by atoms with van der Waals surface area (Å²) in [7, 11) is 0. The average molecular weight is 436 g/mol. The minimum atomic E-state index is -4.42. The SMILES string of the molecule is CC(C)(C)Cc1cc(-c2nc3ccc(-c4ccccc4C(F)(F)F)cc3[nH]2)on1.Cl. The third-order valence-electron chi connectivity index (χ3n) is 4.53. The maximum Gasteiger partial charge on any atom is 0.417 e. The Hall–Kier alpha value is -2.80. The van der Waals surface area contributed by atoms with Crippen LogP contribution in [0.5, 0.6) is 0 Å². The van der Waals surface area contributed by atoms with Crippen molar-refractivity contribution in [2.75, 3.05) is 0 Å². The van der Waals surface area contributed by atoms with Gasteiger partial charge in [0, 0.05) is 6.07 Å². The Kier molecular flexibility index (Phi) is 5.69. The first-order chi connectivity index (χ1) is 13.6. The van der Waals surface area contributed by atoms with E-state index in [0.717, 1.165) is 18.2 Å². The highest BCUT2D eigenvalue weighted by Gasteiger charge is 2.33. The van der Waals surface area contributed by atoms with Crippen LogP contribution in [-0.4, -0.2) is 15.1 Å². The normalized spacial score (nSPS) is 12.2. The summed E-state index contributed by atoms with van der Waals surface area (Å²) in [6.45, 7) is 6.34. The molecule has 0 aliphatic heterocycles. The smallest absolute Gasteiger partial charge is 0.353 e. The molecule has 0 saturated heterocycles. The van der Waals surface area contributed by atoms with Crippen LogP contribution in [0.25, 0.3) is 33.7 Å². The van der Waals surface area contributed by atoms with Crippen LogP contribution in [0.2, 0.25) is 0 Å². The molecule has 8 heteroatoms. The number of fused-ring (bicyclic) bond motifs is 1. The monoisotopic (exact) mass is 435 g/mol. The summed E-state index contributed by atoms with van der Waals surface area (Å²) in [5.41, 5.74) is 2.10. The molecule has 0 saturated carbocycles. The lowest BCUT2D eigenvalue weighted by atomic mass is 9.90. The molecule has 0 aliphatic rings. The van der Waals surface area contributed by atoms with Gasteiger partial charge in [0.15, 0.2) is 5.82 Å². The van der Waals surface area contributed by atoms with Gasteiger partial charge in [-0.2, -0.15) is 13.2 Å². The van der Waals surface area contributed by atoms with Crippen LogP contribution in [0.1, 0.15) is 32.0 Å². The molecular weight excluding hydrogens is 415 g/mol. The number of aromatic amines is 1. The predicted molar refractivity (Wildman–Crippen MR) is 112 cm³/mol. The topological polar surface area (TPSA) is 54.7 Å². The van der Waals surface area contributed by atoms with E-state index in [-0.39, 0.29) is 23.4 Å². The molecule has 2 aromatic carbocycles. The number of rotatable bonds is 3. The predicted octanol–water partition coefficient (Wildman–Crippen LogP) is 6.91. The number of nitrogens with one attached hydrogen (secondary N) is 1. The maximum absolute atomic E-state index is 13.4. The first-order valence-corrected chi connectivity index (χ1v) is 9.22. The molecule has 0 fully saturated rings. The van der Waals surface area contributed by atoms with Crippen LogP contribution in [0.4, 0.5) is 13.2 Å². The Bertz CT molecular complexity index is 1170. The molecule has 2 heterocycles. The van der Waals surface area contributed by atoms with Crippen molar-refractivity contribution in [3.63, 3.8) is 0 Å². The van der Waals surface area contributed by atoms with Gasteiger partial charge in [0.25, 0.3) is 0 Å². The van der Waals surface area contributed by atoms with E-state index >= 15 is 0 Å². The van der Waals surface area contributed by atoms with Crippen LogP contribution in [0.15, 0.2) is 53.1 Å². The van der Waals surface area contributed by atoms with Crippen molar-refractivity contribution in [3.8, 4) is 22.7 Å². The van der Waals surface area contributed by atoms with Crippen molar-refractivity contribution in [1.29, 1.82) is 0 Å². The largest absolute Gasteiger partial charge is 0.417 e. The highest BCUT2D eigenvalue weighted by Crippen LogP contribution is 2.37. The summed E-state index contributed by atoms with van der Waals surface area (Å²) >= 11 is 0. The zero-order valence-corrected chi connectivity index (χ0v) is 17.5. The van der Waals surface area contributed by atoms with Gasteiger partial charge in [-0.05, 0) is 41.2 Å². The molecule has 0 unspecified atom stereocenters. The Morgan fingerprint density at radius 3 is 2.43 bits per heavy atom. The Labute approximate surface area is 177 Å².